The van der Waals surface area contributed by atoms with Gasteiger partial charge in [-0.3, -0.25) is 0 Å². The van der Waals surface area contributed by atoms with E-state index in [0.717, 1.165) is 0 Å². The van der Waals surface area contributed by atoms with Crippen LogP contribution >= 0.6 is 0 Å². The average molecular weight is 356 g/mol. The molecule has 134 valence electrons. The maximum absolute atomic E-state index is 13.3. The lowest BCUT2D eigenvalue weighted by Gasteiger charge is -2.42. The Balaban J connectivity index is 2.13. The van der Waals surface area contributed by atoms with Crippen LogP contribution in [0.2, 0.25) is 0 Å². The molecule has 0 spiro atoms. The molecule has 0 saturated carbocycles. The first-order valence-electron chi connectivity index (χ1n) is 7.35. The molecule has 24 heavy (non-hydrogen) atoms. The van der Waals surface area contributed by atoms with Gasteiger partial charge in [0.15, 0.2) is 0 Å². The summed E-state index contributed by atoms with van der Waals surface area (Å²) < 4.78 is 93.9. The number of allylic oxidation sites excluding steroid dienone is 2. The molecule has 9 heteroatoms. The van der Waals surface area contributed by atoms with Gasteiger partial charge in [0.05, 0.1) is 25.2 Å². The molecule has 0 bridgehead atoms. The second-order valence-corrected chi connectivity index (χ2v) is 5.80. The monoisotopic (exact) mass is 356 g/mol. The number of hydrogen-bond acceptors (Lipinski definition) is 3. The maximum Gasteiger partial charge on any atom is 0.449 e. The van der Waals surface area contributed by atoms with Crippen molar-refractivity contribution in [3.8, 4) is 0 Å². The van der Waals surface area contributed by atoms with Crippen molar-refractivity contribution in [3.63, 3.8) is 0 Å². The highest BCUT2D eigenvalue weighted by Crippen LogP contribution is 2.51. The number of ether oxygens (including phenoxy) is 2. The van der Waals surface area contributed by atoms with Gasteiger partial charge in [-0.05, 0) is 30.5 Å². The standard InChI is InChI=1S/C15H14F6O3/c16-14(17,18)7-9-11(10-4-2-5-22-10)8-3-1-6-23-13(8)24-12(9)15(19,20)21/h2,4-5,8,11,13H,1,3,6-7H2. The van der Waals surface area contributed by atoms with Crippen LogP contribution < -0.4 is 0 Å². The Bertz CT molecular complexity index is 602. The van der Waals surface area contributed by atoms with Crippen LogP contribution in [0.15, 0.2) is 34.1 Å². The van der Waals surface area contributed by atoms with E-state index in [4.69, 9.17) is 13.9 Å². The van der Waals surface area contributed by atoms with Gasteiger partial charge in [0, 0.05) is 5.92 Å². The smallest absolute Gasteiger partial charge is 0.449 e. The van der Waals surface area contributed by atoms with Crippen molar-refractivity contribution in [1.82, 2.24) is 0 Å². The summed E-state index contributed by atoms with van der Waals surface area (Å²) in [5.74, 6) is -3.41. The fourth-order valence-corrected chi connectivity index (χ4v) is 3.32. The van der Waals surface area contributed by atoms with E-state index in [1.54, 1.807) is 0 Å². The second kappa shape index (κ2) is 6.02. The van der Waals surface area contributed by atoms with Gasteiger partial charge >= 0.3 is 12.4 Å². The SMILES string of the molecule is FC(F)(F)CC1=C(C(F)(F)F)OC2OCCCC2C1c1ccco1. The zero-order valence-electron chi connectivity index (χ0n) is 12.3. The number of alkyl halides is 6. The first-order chi connectivity index (χ1) is 11.2. The van der Waals surface area contributed by atoms with Gasteiger partial charge in [0.25, 0.3) is 0 Å². The number of furan rings is 1. The van der Waals surface area contributed by atoms with Crippen molar-refractivity contribution in [2.45, 2.75) is 43.8 Å². The van der Waals surface area contributed by atoms with E-state index in [-0.39, 0.29) is 12.4 Å². The van der Waals surface area contributed by atoms with Crippen molar-refractivity contribution in [1.29, 1.82) is 0 Å². The summed E-state index contributed by atoms with van der Waals surface area (Å²) in [7, 11) is 0. The molecular formula is C15H14F6O3. The van der Waals surface area contributed by atoms with Crippen molar-refractivity contribution in [2.75, 3.05) is 6.61 Å². The van der Waals surface area contributed by atoms with E-state index < -0.39 is 48.2 Å². The van der Waals surface area contributed by atoms with Crippen molar-refractivity contribution >= 4 is 0 Å². The minimum atomic E-state index is -5.04. The fraction of sp³-hybridized carbons (Fsp3) is 0.600. The van der Waals surface area contributed by atoms with E-state index in [0.29, 0.717) is 12.8 Å². The molecule has 1 aromatic rings. The van der Waals surface area contributed by atoms with E-state index >= 15 is 0 Å². The van der Waals surface area contributed by atoms with Crippen molar-refractivity contribution in [2.24, 2.45) is 5.92 Å². The normalized spacial score (nSPS) is 28.5. The lowest BCUT2D eigenvalue weighted by atomic mass is 9.76. The van der Waals surface area contributed by atoms with E-state index in [1.807, 2.05) is 0 Å². The van der Waals surface area contributed by atoms with Gasteiger partial charge in [0.2, 0.25) is 12.0 Å². The first-order valence-corrected chi connectivity index (χ1v) is 7.35. The molecule has 2 aliphatic heterocycles. The fourth-order valence-electron chi connectivity index (χ4n) is 3.32. The van der Waals surface area contributed by atoms with Crippen LogP contribution in [-0.2, 0) is 9.47 Å². The molecule has 0 aliphatic carbocycles. The highest BCUT2D eigenvalue weighted by Gasteiger charge is 2.53. The lowest BCUT2D eigenvalue weighted by molar-refractivity contribution is -0.231. The van der Waals surface area contributed by atoms with Crippen LogP contribution in [0.25, 0.3) is 0 Å². The first kappa shape index (κ1) is 17.2. The zero-order chi connectivity index (χ0) is 17.5. The molecule has 0 aromatic carbocycles. The van der Waals surface area contributed by atoms with Crippen LogP contribution in [0.5, 0.6) is 0 Å². The van der Waals surface area contributed by atoms with Crippen LogP contribution in [0, 0.1) is 5.92 Å². The third-order valence-corrected chi connectivity index (χ3v) is 4.14. The summed E-state index contributed by atoms with van der Waals surface area (Å²) in [6.45, 7) is 0.200. The highest BCUT2D eigenvalue weighted by molar-refractivity contribution is 5.31. The molecule has 0 radical (unpaired) electrons. The molecule has 3 heterocycles. The topological polar surface area (TPSA) is 31.6 Å². The largest absolute Gasteiger partial charge is 0.469 e. The third-order valence-electron chi connectivity index (χ3n) is 4.14. The molecular weight excluding hydrogens is 342 g/mol. The summed E-state index contributed by atoms with van der Waals surface area (Å²) >= 11 is 0. The number of rotatable bonds is 2. The Kier molecular flexibility index (Phi) is 4.31. The number of halogens is 6. The van der Waals surface area contributed by atoms with Gasteiger partial charge in [-0.1, -0.05) is 0 Å². The molecule has 0 N–H and O–H groups in total. The molecule has 3 atom stereocenters. The average Bonchev–Trinajstić information content (AvgIpc) is 2.97. The predicted molar refractivity (Wildman–Crippen MR) is 68.8 cm³/mol. The van der Waals surface area contributed by atoms with Crippen LogP contribution in [0.3, 0.4) is 0 Å². The molecule has 1 fully saturated rings. The predicted octanol–water partition coefficient (Wildman–Crippen LogP) is 4.91. The molecule has 0 amide bonds. The van der Waals surface area contributed by atoms with Gasteiger partial charge in [-0.15, -0.1) is 0 Å². The van der Waals surface area contributed by atoms with Gasteiger partial charge in [-0.25, -0.2) is 0 Å². The minimum Gasteiger partial charge on any atom is -0.469 e. The Morgan fingerprint density at radius 1 is 1.12 bits per heavy atom. The van der Waals surface area contributed by atoms with Crippen molar-refractivity contribution < 1.29 is 40.2 Å². The van der Waals surface area contributed by atoms with Gasteiger partial charge < -0.3 is 13.9 Å². The van der Waals surface area contributed by atoms with Gasteiger partial charge in [-0.2, -0.15) is 26.3 Å². The molecule has 1 aromatic heterocycles. The summed E-state index contributed by atoms with van der Waals surface area (Å²) in [6.07, 6.45) is -10.6. The molecule has 2 aliphatic rings. The number of fused-ring (bicyclic) bond motifs is 1. The molecule has 3 nitrogen and oxygen atoms in total. The lowest BCUT2D eigenvalue weighted by Crippen LogP contribution is -2.43. The summed E-state index contributed by atoms with van der Waals surface area (Å²) in [5.41, 5.74) is -0.850. The zero-order valence-corrected chi connectivity index (χ0v) is 12.3. The van der Waals surface area contributed by atoms with E-state index in [1.165, 1.54) is 18.4 Å². The van der Waals surface area contributed by atoms with Crippen LogP contribution in [-0.4, -0.2) is 25.2 Å². The summed E-state index contributed by atoms with van der Waals surface area (Å²) in [5, 5.41) is 0. The third kappa shape index (κ3) is 3.40. The Morgan fingerprint density at radius 3 is 2.46 bits per heavy atom. The molecule has 3 rings (SSSR count). The quantitative estimate of drug-likeness (QED) is 0.706. The maximum atomic E-state index is 13.3. The van der Waals surface area contributed by atoms with Crippen molar-refractivity contribution in [3.05, 3.63) is 35.5 Å². The Labute approximate surface area is 133 Å². The minimum absolute atomic E-state index is 0.0554. The molecule has 3 unspecified atom stereocenters. The Hall–Kier alpha value is -1.64. The van der Waals surface area contributed by atoms with Crippen LogP contribution in [0.4, 0.5) is 26.3 Å². The Morgan fingerprint density at radius 2 is 1.88 bits per heavy atom. The second-order valence-electron chi connectivity index (χ2n) is 5.80. The summed E-state index contributed by atoms with van der Waals surface area (Å²) in [4.78, 5) is 0. The summed E-state index contributed by atoms with van der Waals surface area (Å²) in [6, 6.07) is 2.81. The van der Waals surface area contributed by atoms with E-state index in [9.17, 15) is 26.3 Å². The van der Waals surface area contributed by atoms with Gasteiger partial charge in [0.1, 0.15) is 5.76 Å². The van der Waals surface area contributed by atoms with E-state index in [2.05, 4.69) is 0 Å². The van der Waals surface area contributed by atoms with Crippen LogP contribution in [0.1, 0.15) is 30.9 Å². The number of hydrogen-bond donors (Lipinski definition) is 0. The highest BCUT2D eigenvalue weighted by atomic mass is 19.4. The molecule has 1 saturated heterocycles.